The van der Waals surface area contributed by atoms with Crippen molar-refractivity contribution in [1.82, 2.24) is 19.1 Å². The molecule has 0 amide bonds. The maximum atomic E-state index is 14.8. The van der Waals surface area contributed by atoms with E-state index in [-0.39, 0.29) is 25.2 Å². The molecule has 3 fully saturated rings. The standard InChI is InChI=1S/C44H49N4O14P/c1-27-24-48(43(53)46-40(27)51)38-23-34(49)35(60-38)26-59-63(54)58-22-8-7-11-33-39(62-63)36(61-41(33)47-21-20-37(50)45-42(47)52)25-57-44(28-9-5-4-6-10-28,29-12-16-31(55-2)17-13-29)30-14-18-32(56-3)19-15-30/h4-6,9-10,12-21,24,33-36,38-39,41,49H,7-8,11,22-23,25-26H2,1-3H3,(H,45,50,52)(H,46,51,53)/t33-,34+,35-,36-,38-,39+,41-,63?/m1/s1. The second-order valence-electron chi connectivity index (χ2n) is 15.6. The highest BCUT2D eigenvalue weighted by Crippen LogP contribution is 2.56. The van der Waals surface area contributed by atoms with Gasteiger partial charge in [0.25, 0.3) is 11.1 Å². The Balaban J connectivity index is 1.14. The van der Waals surface area contributed by atoms with Crippen molar-refractivity contribution in [3.63, 3.8) is 0 Å². The van der Waals surface area contributed by atoms with E-state index in [1.165, 1.54) is 34.5 Å². The fraction of sp³-hybridized carbons (Fsp3) is 0.409. The van der Waals surface area contributed by atoms with Gasteiger partial charge in [0.05, 0.1) is 40.1 Å². The number of fused-ring (bicyclic) bond motifs is 1. The predicted octanol–water partition coefficient (Wildman–Crippen LogP) is 4.29. The zero-order valence-electron chi connectivity index (χ0n) is 34.8. The highest BCUT2D eigenvalue weighted by molar-refractivity contribution is 7.48. The molecule has 18 nitrogen and oxygen atoms in total. The summed E-state index contributed by atoms with van der Waals surface area (Å²) in [6.07, 6.45) is -2.18. The summed E-state index contributed by atoms with van der Waals surface area (Å²) in [5.41, 5.74) is -1.33. The average Bonchev–Trinajstić information content (AvgIpc) is 3.84. The Kier molecular flexibility index (Phi) is 13.1. The van der Waals surface area contributed by atoms with E-state index >= 15 is 0 Å². The molecule has 0 aliphatic carbocycles. The molecule has 0 spiro atoms. The molecule has 8 atom stereocenters. The number of ether oxygens (including phenoxy) is 5. The number of aromatic nitrogens is 4. The number of rotatable bonds is 13. The van der Waals surface area contributed by atoms with Crippen LogP contribution >= 0.6 is 7.82 Å². The van der Waals surface area contributed by atoms with Crippen molar-refractivity contribution >= 4 is 7.82 Å². The zero-order chi connectivity index (χ0) is 44.3. The lowest BCUT2D eigenvalue weighted by Crippen LogP contribution is -2.39. The van der Waals surface area contributed by atoms with E-state index in [1.54, 1.807) is 14.2 Å². The Morgan fingerprint density at radius 3 is 2.10 bits per heavy atom. The number of hydrogen-bond acceptors (Lipinski definition) is 14. The van der Waals surface area contributed by atoms with E-state index in [2.05, 4.69) is 9.97 Å². The summed E-state index contributed by atoms with van der Waals surface area (Å²) in [5.74, 6) is 0.627. The highest BCUT2D eigenvalue weighted by atomic mass is 31.2. The molecule has 5 heterocycles. The predicted molar refractivity (Wildman–Crippen MR) is 226 cm³/mol. The molecule has 3 aromatic carbocycles. The van der Waals surface area contributed by atoms with E-state index in [1.807, 2.05) is 78.9 Å². The van der Waals surface area contributed by atoms with Crippen molar-refractivity contribution in [3.05, 3.63) is 161 Å². The van der Waals surface area contributed by atoms with E-state index in [4.69, 9.17) is 37.3 Å². The van der Waals surface area contributed by atoms with Gasteiger partial charge in [-0.1, -0.05) is 61.0 Å². The third kappa shape index (κ3) is 9.17. The van der Waals surface area contributed by atoms with Crippen LogP contribution in [-0.4, -0.2) is 82.7 Å². The molecule has 63 heavy (non-hydrogen) atoms. The number of phosphoric ester groups is 1. The number of aliphatic hydroxyl groups is 1. The van der Waals surface area contributed by atoms with Gasteiger partial charge in [0.2, 0.25) is 0 Å². The van der Waals surface area contributed by atoms with Crippen LogP contribution in [0.25, 0.3) is 0 Å². The van der Waals surface area contributed by atoms with Crippen LogP contribution in [0.2, 0.25) is 0 Å². The SMILES string of the molecule is COc1ccc(C(OC[C@H]2O[C@@H](n3ccc(=O)[nH]c3=O)[C@@H]3CCCCOP(=O)(OC[C@H]4O[C@@H](n5cc(C)c(=O)[nH]c5=O)C[C@@H]4O)O[C@@H]32)(c2ccccc2)c2ccc(OC)cc2)cc1. The van der Waals surface area contributed by atoms with Crippen molar-refractivity contribution in [3.8, 4) is 11.5 Å². The molecule has 334 valence electrons. The van der Waals surface area contributed by atoms with Gasteiger partial charge in [-0.05, 0) is 60.7 Å². The van der Waals surface area contributed by atoms with Gasteiger partial charge < -0.3 is 28.8 Å². The molecule has 3 saturated heterocycles. The Hall–Kier alpha value is -5.43. The van der Waals surface area contributed by atoms with Gasteiger partial charge in [0.1, 0.15) is 47.9 Å². The maximum Gasteiger partial charge on any atom is 0.475 e. The number of benzene rings is 3. The largest absolute Gasteiger partial charge is 0.497 e. The summed E-state index contributed by atoms with van der Waals surface area (Å²) < 4.78 is 66.5. The second-order valence-corrected chi connectivity index (χ2v) is 17.2. The summed E-state index contributed by atoms with van der Waals surface area (Å²) in [4.78, 5) is 54.7. The van der Waals surface area contributed by atoms with Crippen LogP contribution < -0.4 is 32.0 Å². The normalized spacial score (nSPS) is 26.3. The molecule has 2 aromatic heterocycles. The lowest BCUT2D eigenvalue weighted by molar-refractivity contribution is -0.0966. The average molecular weight is 889 g/mol. The van der Waals surface area contributed by atoms with E-state index in [9.17, 15) is 28.8 Å². The van der Waals surface area contributed by atoms with Crippen LogP contribution in [0, 0.1) is 12.8 Å². The Labute approximate surface area is 360 Å². The van der Waals surface area contributed by atoms with Gasteiger partial charge in [0.15, 0.2) is 0 Å². The molecule has 3 aliphatic heterocycles. The number of H-pyrrole nitrogens is 2. The molecular weight excluding hydrogens is 839 g/mol. The third-order valence-electron chi connectivity index (χ3n) is 11.7. The first kappa shape index (κ1) is 44.2. The molecule has 5 aromatic rings. The summed E-state index contributed by atoms with van der Waals surface area (Å²) in [6.45, 7) is 0.883. The molecule has 3 N–H and O–H groups in total. The molecule has 0 bridgehead atoms. The third-order valence-corrected chi connectivity index (χ3v) is 13.2. The summed E-state index contributed by atoms with van der Waals surface area (Å²) in [7, 11) is -1.36. The fourth-order valence-electron chi connectivity index (χ4n) is 8.47. The first-order valence-corrected chi connectivity index (χ1v) is 22.1. The first-order valence-electron chi connectivity index (χ1n) is 20.6. The van der Waals surface area contributed by atoms with Crippen LogP contribution in [0.4, 0.5) is 0 Å². The number of phosphoric acid groups is 1. The first-order chi connectivity index (χ1) is 30.4. The van der Waals surface area contributed by atoms with Crippen LogP contribution in [-0.2, 0) is 37.9 Å². The molecule has 3 aliphatic rings. The van der Waals surface area contributed by atoms with Crippen LogP contribution in [0.1, 0.15) is 60.4 Å². The van der Waals surface area contributed by atoms with E-state index in [0.29, 0.717) is 30.8 Å². The van der Waals surface area contributed by atoms with Gasteiger partial charge in [-0.3, -0.25) is 42.3 Å². The number of methoxy groups -OCH3 is 2. The van der Waals surface area contributed by atoms with Crippen molar-refractivity contribution in [1.29, 1.82) is 0 Å². The molecule has 0 saturated carbocycles. The van der Waals surface area contributed by atoms with Crippen molar-refractivity contribution in [2.75, 3.05) is 34.0 Å². The number of nitrogens with zero attached hydrogens (tertiary/aromatic N) is 2. The molecule has 1 unspecified atom stereocenters. The molecule has 8 rings (SSSR count). The minimum absolute atomic E-state index is 0.00315. The van der Waals surface area contributed by atoms with Crippen molar-refractivity contribution < 1.29 is 46.9 Å². The molecule has 19 heteroatoms. The topological polar surface area (TPSA) is 221 Å². The summed E-state index contributed by atoms with van der Waals surface area (Å²) >= 11 is 0. The number of aliphatic hydroxyl groups excluding tert-OH is 1. The van der Waals surface area contributed by atoms with E-state index in [0.717, 1.165) is 16.7 Å². The number of hydrogen-bond donors (Lipinski definition) is 3. The van der Waals surface area contributed by atoms with Crippen LogP contribution in [0.5, 0.6) is 11.5 Å². The Bertz CT molecular complexity index is 2600. The minimum Gasteiger partial charge on any atom is -0.497 e. The smallest absolute Gasteiger partial charge is 0.475 e. The Morgan fingerprint density at radius 1 is 0.794 bits per heavy atom. The fourth-order valence-corrected chi connectivity index (χ4v) is 9.94. The van der Waals surface area contributed by atoms with Gasteiger partial charge in [-0.2, -0.15) is 0 Å². The van der Waals surface area contributed by atoms with Crippen LogP contribution in [0.3, 0.4) is 0 Å². The van der Waals surface area contributed by atoms with Gasteiger partial charge >= 0.3 is 19.2 Å². The lowest BCUT2D eigenvalue weighted by atomic mass is 9.80. The summed E-state index contributed by atoms with van der Waals surface area (Å²) in [6, 6.07) is 25.8. The number of aryl methyl sites for hydroxylation is 1. The lowest BCUT2D eigenvalue weighted by Gasteiger charge is -2.37. The zero-order valence-corrected chi connectivity index (χ0v) is 35.7. The van der Waals surface area contributed by atoms with Crippen LogP contribution in [0.15, 0.2) is 117 Å². The monoisotopic (exact) mass is 888 g/mol. The quantitative estimate of drug-likeness (QED) is 0.111. The maximum absolute atomic E-state index is 14.8. The summed E-state index contributed by atoms with van der Waals surface area (Å²) in [5, 5.41) is 11.0. The number of aromatic amines is 2. The number of nitrogens with one attached hydrogen (secondary N) is 2. The van der Waals surface area contributed by atoms with Gasteiger partial charge in [-0.15, -0.1) is 0 Å². The van der Waals surface area contributed by atoms with Gasteiger partial charge in [0, 0.05) is 36.4 Å². The van der Waals surface area contributed by atoms with Crippen molar-refractivity contribution in [2.24, 2.45) is 5.92 Å². The Morgan fingerprint density at radius 2 is 1.44 bits per heavy atom. The molecule has 0 radical (unpaired) electrons. The highest BCUT2D eigenvalue weighted by Gasteiger charge is 2.52. The van der Waals surface area contributed by atoms with E-state index < -0.39 is 85.3 Å². The minimum atomic E-state index is -4.52. The van der Waals surface area contributed by atoms with Gasteiger partial charge in [-0.25, -0.2) is 14.2 Å². The van der Waals surface area contributed by atoms with Crippen molar-refractivity contribution in [2.45, 2.75) is 75.1 Å². The second kappa shape index (κ2) is 18.7. The molecular formula is C44H49N4O14P.